The maximum absolute atomic E-state index is 6.27. The molecule has 0 bridgehead atoms. The lowest BCUT2D eigenvalue weighted by atomic mass is 9.99. The average molecular weight is 1820 g/mol. The number of para-hydroxylation sites is 10. The van der Waals surface area contributed by atoms with Gasteiger partial charge in [-0.2, -0.15) is 0 Å². The monoisotopic (exact) mass is 1820 g/mol. The Kier molecular flexibility index (Phi) is 17.7. The molecule has 23 aromatic carbocycles. The Labute approximate surface area is 818 Å². The first-order valence-corrected chi connectivity index (χ1v) is 48.9. The van der Waals surface area contributed by atoms with Gasteiger partial charge in [-0.25, -0.2) is 0 Å². The Bertz CT molecular complexity index is 10900. The second-order valence-electron chi connectivity index (χ2n) is 37.6. The molecule has 9 heterocycles. The molecule has 9 heteroatoms. The SMILES string of the molecule is c1ccc(-n2c3cc4c(cc3c3ccc5ccccc5c32)c2ccccc2n4-c2cccc(-c3cccc4oc5ccccc5c34)c2)cc1.c1ccc(-n2c3cc4ccccc4cc3c3cc4c5ccccc5n(-c5cccc(-c6cccc7oc8ccccc8c67)c5)c4cc32)cc1.c1ccc(-n2c3ccccc3c3cc4c5ccccc5n(-c5cccc(-c6cccc7oc8ccccc8c67)c5)c4cc32)cc1. The van der Waals surface area contributed by atoms with Crippen molar-refractivity contribution >= 4 is 218 Å². The molecule has 0 N–H and O–H groups in total. The Morgan fingerprint density at radius 1 is 0.126 bits per heavy atom. The highest BCUT2D eigenvalue weighted by Gasteiger charge is 2.27. The summed E-state index contributed by atoms with van der Waals surface area (Å²) in [4.78, 5) is 0. The van der Waals surface area contributed by atoms with Gasteiger partial charge in [0.05, 0.1) is 66.2 Å². The quantitative estimate of drug-likeness (QED) is 0.145. The third-order valence-electron chi connectivity index (χ3n) is 29.8. The zero-order valence-corrected chi connectivity index (χ0v) is 77.3. The van der Waals surface area contributed by atoms with Crippen molar-refractivity contribution < 1.29 is 13.3 Å². The highest BCUT2D eigenvalue weighted by Crippen LogP contribution is 2.49. The fraction of sp³-hybridized carbons (Fsp3) is 0. The van der Waals surface area contributed by atoms with Gasteiger partial charge in [-0.15, -0.1) is 0 Å². The number of benzene rings is 23. The molecular formula is C134H82N6O3. The minimum Gasteiger partial charge on any atom is -0.456 e. The van der Waals surface area contributed by atoms with Gasteiger partial charge in [-0.05, 0) is 232 Å². The number of hydrogen-bond acceptors (Lipinski definition) is 3. The number of nitrogens with zero attached hydrogens (tertiary/aromatic N) is 6. The Morgan fingerprint density at radius 3 is 0.776 bits per heavy atom. The smallest absolute Gasteiger partial charge is 0.136 e. The van der Waals surface area contributed by atoms with Crippen molar-refractivity contribution in [2.45, 2.75) is 0 Å². The van der Waals surface area contributed by atoms with Crippen molar-refractivity contribution in [3.8, 4) is 67.5 Å². The van der Waals surface area contributed by atoms with E-state index in [9.17, 15) is 0 Å². The molecule has 0 amide bonds. The van der Waals surface area contributed by atoms with Crippen molar-refractivity contribution in [2.75, 3.05) is 0 Å². The molecule has 0 aliphatic carbocycles. The molecule has 0 atom stereocenters. The van der Waals surface area contributed by atoms with E-state index in [1.165, 1.54) is 169 Å². The normalized spacial score (nSPS) is 12.1. The highest BCUT2D eigenvalue weighted by molar-refractivity contribution is 6.27. The third kappa shape index (κ3) is 12.4. The van der Waals surface area contributed by atoms with Crippen molar-refractivity contribution in [1.29, 1.82) is 0 Å². The van der Waals surface area contributed by atoms with Gasteiger partial charge < -0.3 is 40.7 Å². The third-order valence-corrected chi connectivity index (χ3v) is 29.8. The molecule has 9 nitrogen and oxygen atoms in total. The number of fused-ring (bicyclic) bond motifs is 30. The molecule has 0 radical (unpaired) electrons. The van der Waals surface area contributed by atoms with Gasteiger partial charge >= 0.3 is 0 Å². The first-order chi connectivity index (χ1) is 70.9. The summed E-state index contributed by atoms with van der Waals surface area (Å²) in [5.74, 6) is 0. The summed E-state index contributed by atoms with van der Waals surface area (Å²) in [5.41, 5.74) is 33.7. The van der Waals surface area contributed by atoms with E-state index < -0.39 is 0 Å². The van der Waals surface area contributed by atoms with Crippen LogP contribution in [0.25, 0.3) is 286 Å². The van der Waals surface area contributed by atoms with Crippen LogP contribution in [0.2, 0.25) is 0 Å². The van der Waals surface area contributed by atoms with Crippen LogP contribution in [0.1, 0.15) is 0 Å². The summed E-state index contributed by atoms with van der Waals surface area (Å²) < 4.78 is 33.3. The van der Waals surface area contributed by atoms with Crippen LogP contribution >= 0.6 is 0 Å². The van der Waals surface area contributed by atoms with Crippen LogP contribution in [0.3, 0.4) is 0 Å². The second kappa shape index (κ2) is 31.7. The average Bonchev–Trinajstić information content (AvgIpc) is 1.56. The molecule has 0 fully saturated rings. The molecular weight excluding hydrogens is 1740 g/mol. The van der Waals surface area contributed by atoms with Gasteiger partial charge in [-0.1, -0.05) is 315 Å². The van der Waals surface area contributed by atoms with Crippen LogP contribution in [-0.4, -0.2) is 27.4 Å². The molecule has 0 spiro atoms. The summed E-state index contributed by atoms with van der Waals surface area (Å²) in [7, 11) is 0. The summed E-state index contributed by atoms with van der Waals surface area (Å²) in [6.45, 7) is 0. The second-order valence-corrected chi connectivity index (χ2v) is 37.6. The van der Waals surface area contributed by atoms with Gasteiger partial charge in [0.15, 0.2) is 0 Å². The minimum atomic E-state index is 0.907. The summed E-state index contributed by atoms with van der Waals surface area (Å²) >= 11 is 0. The van der Waals surface area contributed by atoms with Gasteiger partial charge in [0, 0.05) is 136 Å². The minimum absolute atomic E-state index is 0.907. The lowest BCUT2D eigenvalue weighted by Crippen LogP contribution is -1.96. The molecule has 0 aliphatic rings. The molecule has 0 saturated carbocycles. The van der Waals surface area contributed by atoms with Gasteiger partial charge in [0.2, 0.25) is 0 Å². The van der Waals surface area contributed by atoms with Gasteiger partial charge in [0.1, 0.15) is 33.5 Å². The van der Waals surface area contributed by atoms with Crippen molar-refractivity contribution in [3.63, 3.8) is 0 Å². The molecule has 143 heavy (non-hydrogen) atoms. The maximum atomic E-state index is 6.27. The predicted molar refractivity (Wildman–Crippen MR) is 599 cm³/mol. The van der Waals surface area contributed by atoms with E-state index >= 15 is 0 Å². The molecule has 0 unspecified atom stereocenters. The van der Waals surface area contributed by atoms with Gasteiger partial charge in [-0.3, -0.25) is 0 Å². The van der Waals surface area contributed by atoms with Crippen molar-refractivity contribution in [3.05, 3.63) is 497 Å². The lowest BCUT2D eigenvalue weighted by molar-refractivity contribution is 0.668. The fourth-order valence-electron chi connectivity index (χ4n) is 23.7. The topological polar surface area (TPSA) is 69.0 Å². The standard InChI is InChI=1S/2C46H28N2O.C42H26N2O/c1-2-14-31(15-3-1)48-42-28-41-38(27-39(42)36-25-24-29-12-4-5-17-34(29)46(36)48)35-18-6-8-21-40(35)47(41)32-16-10-13-30(26-32)33-20-11-23-44-45(33)37-19-7-9-22-43(37)49-44;1-2-15-32(16-3-1)47-41-26-30-13-5-4-12-29(30)25-37(41)39-27-38-35-18-6-8-21-40(35)48(42(38)28-43(39)47)33-17-10-14-31(24-33)34-20-11-23-45-46(34)36-19-7-9-22-44(36)49-45;1-2-13-28(14-3-1)43-36-20-7-4-16-31(36)34-25-35-32-17-5-8-21-37(32)44(39(35)26-38(34)43)29-15-10-12-27(24-29)30-19-11-23-41-42(30)33-18-6-9-22-40(33)45-41/h2*1-28H;1-26H. The zero-order valence-electron chi connectivity index (χ0n) is 77.3. The molecule has 0 saturated heterocycles. The lowest BCUT2D eigenvalue weighted by Gasteiger charge is -2.12. The molecule has 32 rings (SSSR count). The zero-order chi connectivity index (χ0) is 93.6. The number of rotatable bonds is 9. The Hall–Kier alpha value is -19.2. The van der Waals surface area contributed by atoms with Crippen molar-refractivity contribution in [2.24, 2.45) is 0 Å². The summed E-state index contributed by atoms with van der Waals surface area (Å²) in [6.07, 6.45) is 0. The molecule has 666 valence electrons. The van der Waals surface area contributed by atoms with Crippen LogP contribution < -0.4 is 0 Å². The number of furan rings is 3. The van der Waals surface area contributed by atoms with E-state index in [4.69, 9.17) is 13.3 Å². The highest BCUT2D eigenvalue weighted by atomic mass is 16.3. The largest absolute Gasteiger partial charge is 0.456 e. The van der Waals surface area contributed by atoms with E-state index in [2.05, 4.69) is 488 Å². The van der Waals surface area contributed by atoms with Crippen LogP contribution in [0.5, 0.6) is 0 Å². The van der Waals surface area contributed by atoms with Crippen molar-refractivity contribution in [1.82, 2.24) is 27.4 Å². The predicted octanol–water partition coefficient (Wildman–Crippen LogP) is 36.6. The summed E-state index contributed by atoms with van der Waals surface area (Å²) in [6, 6.07) is 179. The van der Waals surface area contributed by atoms with E-state index in [1.807, 2.05) is 36.4 Å². The molecule has 0 aliphatic heterocycles. The molecule has 32 aromatic rings. The fourth-order valence-corrected chi connectivity index (χ4v) is 23.7. The number of hydrogen-bond donors (Lipinski definition) is 0. The first kappa shape index (κ1) is 79.9. The molecule has 9 aromatic heterocycles. The van der Waals surface area contributed by atoms with Crippen LogP contribution in [-0.2, 0) is 0 Å². The van der Waals surface area contributed by atoms with Gasteiger partial charge in [0.25, 0.3) is 0 Å². The van der Waals surface area contributed by atoms with Crippen LogP contribution in [0.15, 0.2) is 511 Å². The number of aromatic nitrogens is 6. The van der Waals surface area contributed by atoms with E-state index in [0.29, 0.717) is 0 Å². The Morgan fingerprint density at radius 2 is 0.385 bits per heavy atom. The summed E-state index contributed by atoms with van der Waals surface area (Å²) in [5, 5.41) is 26.9. The van der Waals surface area contributed by atoms with E-state index in [-0.39, 0.29) is 0 Å². The van der Waals surface area contributed by atoms with Crippen LogP contribution in [0.4, 0.5) is 0 Å². The Balaban J connectivity index is 0.000000100. The van der Waals surface area contributed by atoms with E-state index in [0.717, 1.165) is 117 Å². The van der Waals surface area contributed by atoms with Crippen LogP contribution in [0, 0.1) is 0 Å². The van der Waals surface area contributed by atoms with E-state index in [1.54, 1.807) is 0 Å². The maximum Gasteiger partial charge on any atom is 0.136 e. The first-order valence-electron chi connectivity index (χ1n) is 48.9.